The van der Waals surface area contributed by atoms with E-state index in [1.165, 1.54) is 6.92 Å². The summed E-state index contributed by atoms with van der Waals surface area (Å²) >= 11 is 0. The Morgan fingerprint density at radius 1 is 1.14 bits per heavy atom. The summed E-state index contributed by atoms with van der Waals surface area (Å²) in [6, 6.07) is 8.85. The van der Waals surface area contributed by atoms with Gasteiger partial charge in [0, 0.05) is 36.1 Å². The van der Waals surface area contributed by atoms with Crippen molar-refractivity contribution < 1.29 is 47.6 Å². The number of carbonyl (C=O) groups is 3. The summed E-state index contributed by atoms with van der Waals surface area (Å²) in [7, 11) is 3.72. The van der Waals surface area contributed by atoms with Crippen molar-refractivity contribution in [2.24, 2.45) is 11.8 Å². The maximum atomic E-state index is 16.9. The molecule has 56 heavy (non-hydrogen) atoms. The van der Waals surface area contributed by atoms with Gasteiger partial charge in [-0.05, 0) is 91.2 Å². The molecule has 5 heterocycles. The number of aromatic nitrogens is 1. The Hall–Kier alpha value is -3.53. The van der Waals surface area contributed by atoms with E-state index in [-0.39, 0.29) is 37.1 Å². The van der Waals surface area contributed by atoms with Gasteiger partial charge in [0.25, 0.3) is 5.67 Å². The number of halogens is 1. The van der Waals surface area contributed by atoms with Gasteiger partial charge in [-0.15, -0.1) is 0 Å². The van der Waals surface area contributed by atoms with Crippen molar-refractivity contribution in [1.29, 1.82) is 0 Å². The van der Waals surface area contributed by atoms with Crippen LogP contribution in [0.5, 0.6) is 0 Å². The third-order valence-electron chi connectivity index (χ3n) is 12.3. The number of ether oxygens (including phenoxy) is 5. The molecular formula is C42H59FN4O9. The number of nitrogens with one attached hydrogen (secondary N) is 1. The molecular weight excluding hydrogens is 723 g/mol. The Morgan fingerprint density at radius 2 is 1.88 bits per heavy atom. The van der Waals surface area contributed by atoms with Crippen LogP contribution in [0.3, 0.4) is 0 Å². The Kier molecular flexibility index (Phi) is 12.3. The number of alkyl halides is 1. The van der Waals surface area contributed by atoms with E-state index in [2.05, 4.69) is 10.3 Å². The first-order chi connectivity index (χ1) is 26.4. The van der Waals surface area contributed by atoms with Gasteiger partial charge in [-0.2, -0.15) is 0 Å². The normalized spacial score (nSPS) is 39.9. The molecule has 4 aliphatic heterocycles. The number of Topliss-reactive ketones (excluding diaryl/α,β-unsaturated/α-hetero) is 1. The van der Waals surface area contributed by atoms with E-state index in [1.807, 2.05) is 82.3 Å². The highest BCUT2D eigenvalue weighted by Gasteiger charge is 2.65. The summed E-state index contributed by atoms with van der Waals surface area (Å²) in [4.78, 5) is 49.2. The molecule has 2 aromatic rings. The average molecular weight is 783 g/mol. The highest BCUT2D eigenvalue weighted by molar-refractivity contribution is 6.07. The van der Waals surface area contributed by atoms with Gasteiger partial charge in [0.05, 0.1) is 36.0 Å². The number of carbonyl (C=O) groups excluding carboxylic acids is 3. The molecule has 0 saturated carbocycles. The molecule has 0 radical (unpaired) electrons. The average Bonchev–Trinajstić information content (AvgIpc) is 3.34. The first-order valence-electron chi connectivity index (χ1n) is 19.9. The predicted octanol–water partition coefficient (Wildman–Crippen LogP) is 4.68. The van der Waals surface area contributed by atoms with Crippen LogP contribution in [-0.4, -0.2) is 137 Å². The van der Waals surface area contributed by atoms with Crippen LogP contribution in [0.2, 0.25) is 0 Å². The second kappa shape index (κ2) is 16.4. The number of para-hydroxylation sites is 1. The maximum absolute atomic E-state index is 16.9. The lowest BCUT2D eigenvalue weighted by Crippen LogP contribution is -2.71. The summed E-state index contributed by atoms with van der Waals surface area (Å²) in [6.45, 7) is 12.6. The number of benzene rings is 1. The number of nitrogens with zero attached hydrogens (tertiary/aromatic N) is 3. The zero-order valence-corrected chi connectivity index (χ0v) is 34.1. The summed E-state index contributed by atoms with van der Waals surface area (Å²) in [5.41, 5.74) is -3.95. The van der Waals surface area contributed by atoms with E-state index < -0.39 is 71.3 Å². The topological polar surface area (TPSA) is 149 Å². The number of aliphatic hydroxyl groups excluding tert-OH is 1. The Bertz CT molecular complexity index is 1790. The Labute approximate surface area is 329 Å². The molecule has 0 bridgehead atoms. The molecule has 4 fully saturated rings. The van der Waals surface area contributed by atoms with Crippen molar-refractivity contribution >= 4 is 34.8 Å². The van der Waals surface area contributed by atoms with Crippen LogP contribution in [0, 0.1) is 11.8 Å². The molecule has 13 atom stereocenters. The van der Waals surface area contributed by atoms with Crippen LogP contribution in [0.25, 0.3) is 17.0 Å². The maximum Gasteiger partial charge on any atom is 0.411 e. The van der Waals surface area contributed by atoms with Crippen LogP contribution in [0.15, 0.2) is 42.6 Å². The smallest absolute Gasteiger partial charge is 0.411 e. The van der Waals surface area contributed by atoms with Crippen molar-refractivity contribution in [3.63, 3.8) is 0 Å². The third-order valence-corrected chi connectivity index (χ3v) is 12.3. The van der Waals surface area contributed by atoms with Gasteiger partial charge in [0.15, 0.2) is 17.7 Å². The first kappa shape index (κ1) is 42.1. The Morgan fingerprint density at radius 3 is 2.59 bits per heavy atom. The highest BCUT2D eigenvalue weighted by atomic mass is 19.1. The molecule has 0 aliphatic carbocycles. The largest absolute Gasteiger partial charge is 0.455 e. The summed E-state index contributed by atoms with van der Waals surface area (Å²) in [5, 5.41) is 16.2. The number of amides is 1. The van der Waals surface area contributed by atoms with Crippen LogP contribution < -0.4 is 5.32 Å². The van der Waals surface area contributed by atoms with E-state index in [0.29, 0.717) is 25.9 Å². The van der Waals surface area contributed by atoms with Gasteiger partial charge in [0.2, 0.25) is 0 Å². The molecule has 4 saturated heterocycles. The minimum atomic E-state index is -3.12. The molecule has 1 amide bonds. The van der Waals surface area contributed by atoms with Crippen LogP contribution in [0.4, 0.5) is 9.18 Å². The molecule has 0 spiro atoms. The molecule has 6 rings (SSSR count). The SMILES string of the molecule is CC[C@H]1OC(=O)C(C)(F)C(=O)[C@H](C)[C@@H](O[C@@H]2O[C@H](C)CC(N(C)C)C2O)[C@](C)(OC/C=C/c2cnc3ccccc3c2)C[C@@H](C)CN[C@@H]2CN3C(=O)O[C@@]1(C)[C@@H]23. The number of esters is 1. The van der Waals surface area contributed by atoms with Gasteiger partial charge in [-0.3, -0.25) is 14.7 Å². The van der Waals surface area contributed by atoms with Gasteiger partial charge in [-0.1, -0.05) is 51.1 Å². The summed E-state index contributed by atoms with van der Waals surface area (Å²) in [6.07, 6.45) is 1.22. The van der Waals surface area contributed by atoms with Crippen LogP contribution in [0.1, 0.15) is 73.3 Å². The fourth-order valence-corrected chi connectivity index (χ4v) is 9.22. The van der Waals surface area contributed by atoms with Gasteiger partial charge < -0.3 is 39.0 Å². The number of likely N-dealkylation sites (N-methyl/N-ethyl adjacent to an activating group) is 1. The minimum Gasteiger partial charge on any atom is -0.455 e. The molecule has 14 heteroatoms. The van der Waals surface area contributed by atoms with E-state index in [1.54, 1.807) is 24.9 Å². The standard InChI is InChI=1S/C42H59FN4O9/c1-10-32-42(7)34-30(23-47(34)39(51)56-42)44-21-24(2)20-40(5,52-17-13-14-27-19-28-15-11-12-16-29(28)45-22-27)36(26(4)35(49)41(6,43)38(50)54-32)55-37-33(48)31(46(8)9)18-25(3)53-37/h11-16,19,22,24-26,30-34,36-37,44,48H,10,17-18,20-21,23H2,1-9H3/b14-13+/t24-,25-,26+,30-,31?,32-,33?,34-,36-,37+,40-,41?,42-/m1/s1. The van der Waals surface area contributed by atoms with Gasteiger partial charge in [-0.25, -0.2) is 14.0 Å². The molecule has 2 N–H and O–H groups in total. The fourth-order valence-electron chi connectivity index (χ4n) is 9.22. The minimum absolute atomic E-state index is 0.0830. The molecule has 3 unspecified atom stereocenters. The first-order valence-corrected chi connectivity index (χ1v) is 19.9. The molecule has 308 valence electrons. The van der Waals surface area contributed by atoms with Crippen molar-refractivity contribution in [3.8, 4) is 0 Å². The third kappa shape index (κ3) is 8.10. The number of hydrogen-bond donors (Lipinski definition) is 2. The molecule has 13 nitrogen and oxygen atoms in total. The predicted molar refractivity (Wildman–Crippen MR) is 207 cm³/mol. The van der Waals surface area contributed by atoms with E-state index in [4.69, 9.17) is 23.7 Å². The lowest BCUT2D eigenvalue weighted by atomic mass is 9.77. The number of ketones is 1. The van der Waals surface area contributed by atoms with Gasteiger partial charge in [0.1, 0.15) is 12.2 Å². The van der Waals surface area contributed by atoms with E-state index in [9.17, 15) is 19.5 Å². The molecule has 1 aromatic carbocycles. The van der Waals surface area contributed by atoms with Crippen molar-refractivity contribution in [2.75, 3.05) is 33.8 Å². The lowest BCUT2D eigenvalue weighted by Gasteiger charge is -2.49. The number of rotatable bonds is 8. The molecule has 4 aliphatic rings. The quantitative estimate of drug-likeness (QED) is 0.283. The number of pyridine rings is 1. The van der Waals surface area contributed by atoms with Crippen LogP contribution >= 0.6 is 0 Å². The fraction of sp³-hybridized carbons (Fsp3) is 0.667. The van der Waals surface area contributed by atoms with E-state index >= 15 is 4.39 Å². The number of hydrogen-bond acceptors (Lipinski definition) is 12. The zero-order chi connectivity index (χ0) is 40.7. The Balaban J connectivity index is 1.36. The highest BCUT2D eigenvalue weighted by Crippen LogP contribution is 2.44. The lowest BCUT2D eigenvalue weighted by molar-refractivity contribution is -0.297. The van der Waals surface area contributed by atoms with Gasteiger partial charge >= 0.3 is 12.1 Å². The number of fused-ring (bicyclic) bond motifs is 1. The second-order valence-corrected chi connectivity index (χ2v) is 17.0. The summed E-state index contributed by atoms with van der Waals surface area (Å²) < 4.78 is 48.2. The van der Waals surface area contributed by atoms with Crippen LogP contribution in [-0.2, 0) is 33.3 Å². The van der Waals surface area contributed by atoms with Crippen molar-refractivity contribution in [2.45, 2.75) is 133 Å². The number of cyclic esters (lactones) is 1. The van der Waals surface area contributed by atoms with Crippen molar-refractivity contribution in [1.82, 2.24) is 20.1 Å². The molecule has 1 aromatic heterocycles. The van der Waals surface area contributed by atoms with E-state index in [0.717, 1.165) is 23.4 Å². The summed E-state index contributed by atoms with van der Waals surface area (Å²) in [5.74, 6) is -3.85. The van der Waals surface area contributed by atoms with Crippen molar-refractivity contribution in [3.05, 3.63) is 48.2 Å². The monoisotopic (exact) mass is 782 g/mol. The number of aliphatic hydroxyl groups is 1. The second-order valence-electron chi connectivity index (χ2n) is 17.0. The zero-order valence-electron chi connectivity index (χ0n) is 34.1.